The zero-order chi connectivity index (χ0) is 7.56. The summed E-state index contributed by atoms with van der Waals surface area (Å²) in [7, 11) is 0. The van der Waals surface area contributed by atoms with E-state index in [1.54, 1.807) is 0 Å². The van der Waals surface area contributed by atoms with Gasteiger partial charge in [0.2, 0.25) is 0 Å². The van der Waals surface area contributed by atoms with E-state index < -0.39 is 6.10 Å². The Morgan fingerprint density at radius 2 is 2.30 bits per heavy atom. The van der Waals surface area contributed by atoms with Crippen LogP contribution in [0.15, 0.2) is 0 Å². The lowest BCUT2D eigenvalue weighted by Crippen LogP contribution is -2.41. The van der Waals surface area contributed by atoms with Gasteiger partial charge in [0.25, 0.3) is 0 Å². The lowest BCUT2D eigenvalue weighted by molar-refractivity contribution is -0.0896. The molecule has 0 radical (unpaired) electrons. The molecular formula is C6H11IO3. The first-order chi connectivity index (χ1) is 4.74. The zero-order valence-corrected chi connectivity index (χ0v) is 7.69. The Morgan fingerprint density at radius 3 is 2.80 bits per heavy atom. The molecule has 3 nitrogen and oxygen atoms in total. The maximum atomic E-state index is 9.25. The Balaban J connectivity index is 2.36. The third-order valence-electron chi connectivity index (χ3n) is 1.60. The van der Waals surface area contributed by atoms with Crippen molar-refractivity contribution in [3.63, 3.8) is 0 Å². The predicted molar refractivity (Wildman–Crippen MR) is 45.3 cm³/mol. The topological polar surface area (TPSA) is 49.7 Å². The van der Waals surface area contributed by atoms with E-state index in [2.05, 4.69) is 22.6 Å². The van der Waals surface area contributed by atoms with Crippen molar-refractivity contribution < 1.29 is 14.9 Å². The van der Waals surface area contributed by atoms with Gasteiger partial charge in [0, 0.05) is 3.92 Å². The Labute approximate surface area is 73.5 Å². The van der Waals surface area contributed by atoms with Crippen molar-refractivity contribution >= 4 is 22.6 Å². The molecular weight excluding hydrogens is 247 g/mol. The van der Waals surface area contributed by atoms with Crippen molar-refractivity contribution in [3.05, 3.63) is 0 Å². The van der Waals surface area contributed by atoms with E-state index in [9.17, 15) is 5.11 Å². The van der Waals surface area contributed by atoms with Gasteiger partial charge in [0.15, 0.2) is 0 Å². The average molecular weight is 258 g/mol. The molecule has 1 aliphatic rings. The van der Waals surface area contributed by atoms with Gasteiger partial charge in [0.05, 0.1) is 19.3 Å². The van der Waals surface area contributed by atoms with Crippen LogP contribution in [0.3, 0.4) is 0 Å². The van der Waals surface area contributed by atoms with Crippen molar-refractivity contribution in [2.24, 2.45) is 0 Å². The lowest BCUT2D eigenvalue weighted by Gasteiger charge is -2.29. The van der Waals surface area contributed by atoms with Crippen LogP contribution < -0.4 is 0 Å². The molecule has 3 atom stereocenters. The fourth-order valence-corrected chi connectivity index (χ4v) is 1.72. The van der Waals surface area contributed by atoms with Gasteiger partial charge in [-0.1, -0.05) is 22.6 Å². The molecule has 1 aliphatic heterocycles. The molecule has 60 valence electrons. The summed E-state index contributed by atoms with van der Waals surface area (Å²) in [6.45, 7) is 0.563. The van der Waals surface area contributed by atoms with Gasteiger partial charge < -0.3 is 14.9 Å². The molecule has 0 aromatic rings. The number of hydrogen-bond donors (Lipinski definition) is 2. The van der Waals surface area contributed by atoms with Crippen molar-refractivity contribution in [3.8, 4) is 0 Å². The molecule has 4 heteroatoms. The molecule has 0 spiro atoms. The number of halogens is 1. The fourth-order valence-electron chi connectivity index (χ4n) is 0.995. The van der Waals surface area contributed by atoms with E-state index in [1.807, 2.05) is 0 Å². The summed E-state index contributed by atoms with van der Waals surface area (Å²) >= 11 is 2.23. The normalized spacial score (nSPS) is 41.7. The number of hydrogen-bond acceptors (Lipinski definition) is 3. The number of ether oxygens (including phenoxy) is 1. The highest BCUT2D eigenvalue weighted by molar-refractivity contribution is 14.1. The van der Waals surface area contributed by atoms with Crippen LogP contribution in [0, 0.1) is 0 Å². The van der Waals surface area contributed by atoms with Crippen LogP contribution >= 0.6 is 22.6 Å². The molecule has 2 N–H and O–H groups in total. The summed E-state index contributed by atoms with van der Waals surface area (Å²) in [5, 5.41) is 17.9. The highest BCUT2D eigenvalue weighted by atomic mass is 127. The first kappa shape index (κ1) is 8.70. The van der Waals surface area contributed by atoms with E-state index in [4.69, 9.17) is 9.84 Å². The molecule has 0 saturated carbocycles. The van der Waals surface area contributed by atoms with Crippen LogP contribution in [0.2, 0.25) is 0 Å². The van der Waals surface area contributed by atoms with Gasteiger partial charge in [-0.15, -0.1) is 0 Å². The average Bonchev–Trinajstić information content (AvgIpc) is 1.88. The Morgan fingerprint density at radius 1 is 1.60 bits per heavy atom. The third kappa shape index (κ3) is 2.05. The second-order valence-electron chi connectivity index (χ2n) is 2.45. The predicted octanol–water partition coefficient (Wildman–Crippen LogP) is -0.0679. The van der Waals surface area contributed by atoms with Crippen LogP contribution in [0.25, 0.3) is 0 Å². The minimum absolute atomic E-state index is 0.0788. The van der Waals surface area contributed by atoms with Crippen LogP contribution in [-0.2, 0) is 4.74 Å². The zero-order valence-electron chi connectivity index (χ0n) is 5.53. The molecule has 0 bridgehead atoms. The van der Waals surface area contributed by atoms with Crippen molar-refractivity contribution in [2.75, 3.05) is 13.2 Å². The van der Waals surface area contributed by atoms with E-state index in [1.165, 1.54) is 0 Å². The second kappa shape index (κ2) is 3.85. The summed E-state index contributed by atoms with van der Waals surface area (Å²) < 4.78 is 5.53. The molecule has 1 fully saturated rings. The second-order valence-corrected chi connectivity index (χ2v) is 4.22. The molecule has 0 aliphatic carbocycles. The fraction of sp³-hybridized carbons (Fsp3) is 1.00. The third-order valence-corrected chi connectivity index (χ3v) is 2.47. The first-order valence-electron chi connectivity index (χ1n) is 3.28. The van der Waals surface area contributed by atoms with Gasteiger partial charge in [-0.05, 0) is 6.42 Å². The molecule has 0 unspecified atom stereocenters. The minimum atomic E-state index is -0.486. The molecule has 1 heterocycles. The quantitative estimate of drug-likeness (QED) is 0.511. The number of aliphatic hydroxyl groups is 2. The smallest absolute Gasteiger partial charge is 0.106 e. The van der Waals surface area contributed by atoms with Gasteiger partial charge >= 0.3 is 0 Å². The summed E-state index contributed by atoms with van der Waals surface area (Å²) in [5.74, 6) is 0. The minimum Gasteiger partial charge on any atom is -0.394 e. The highest BCUT2D eigenvalue weighted by Gasteiger charge is 2.27. The van der Waals surface area contributed by atoms with Crippen molar-refractivity contribution in [1.82, 2.24) is 0 Å². The van der Waals surface area contributed by atoms with Crippen molar-refractivity contribution in [2.45, 2.75) is 22.6 Å². The number of rotatable bonds is 1. The maximum absolute atomic E-state index is 9.25. The van der Waals surface area contributed by atoms with Crippen LogP contribution in [0.5, 0.6) is 0 Å². The van der Waals surface area contributed by atoms with E-state index in [-0.39, 0.29) is 12.7 Å². The van der Waals surface area contributed by atoms with E-state index in [0.717, 1.165) is 6.42 Å². The maximum Gasteiger partial charge on any atom is 0.106 e. The van der Waals surface area contributed by atoms with Crippen molar-refractivity contribution in [1.29, 1.82) is 0 Å². The molecule has 10 heavy (non-hydrogen) atoms. The molecule has 1 saturated heterocycles. The molecule has 1 rings (SSSR count). The Bertz CT molecular complexity index is 109. The summed E-state index contributed by atoms with van der Waals surface area (Å²) in [4.78, 5) is 0. The molecule has 0 amide bonds. The van der Waals surface area contributed by atoms with Gasteiger partial charge in [-0.3, -0.25) is 0 Å². The van der Waals surface area contributed by atoms with Gasteiger partial charge in [-0.2, -0.15) is 0 Å². The largest absolute Gasteiger partial charge is 0.394 e. The first-order valence-corrected chi connectivity index (χ1v) is 4.53. The SMILES string of the molecule is OC[C@H]1OC[C@H](I)C[C@@H]1O. The Hall–Kier alpha value is 0.610. The highest BCUT2D eigenvalue weighted by Crippen LogP contribution is 2.19. The molecule has 0 aromatic carbocycles. The lowest BCUT2D eigenvalue weighted by atomic mass is 10.1. The summed E-state index contributed by atoms with van der Waals surface area (Å²) in [6.07, 6.45) is -0.113. The van der Waals surface area contributed by atoms with Crippen LogP contribution in [0.1, 0.15) is 6.42 Å². The van der Waals surface area contributed by atoms with Crippen LogP contribution in [0.4, 0.5) is 0 Å². The van der Waals surface area contributed by atoms with Crippen LogP contribution in [-0.4, -0.2) is 39.6 Å². The van der Waals surface area contributed by atoms with Gasteiger partial charge in [0.1, 0.15) is 6.10 Å². The van der Waals surface area contributed by atoms with E-state index >= 15 is 0 Å². The molecule has 0 aromatic heterocycles. The number of alkyl halides is 1. The summed E-state index contributed by atoms with van der Waals surface area (Å²) in [6, 6.07) is 0. The van der Waals surface area contributed by atoms with E-state index in [0.29, 0.717) is 10.5 Å². The Kier molecular flexibility index (Phi) is 3.35. The number of aliphatic hydroxyl groups excluding tert-OH is 2. The standard InChI is InChI=1S/C6H11IO3/c7-4-1-5(9)6(2-8)10-3-4/h4-6,8-9H,1-3H2/t4-,5+,6-/m1/s1. The summed E-state index contributed by atoms with van der Waals surface area (Å²) in [5.41, 5.74) is 0. The monoisotopic (exact) mass is 258 g/mol. The van der Waals surface area contributed by atoms with Gasteiger partial charge in [-0.25, -0.2) is 0 Å².